The Morgan fingerprint density at radius 1 is 0.939 bits per heavy atom. The van der Waals surface area contributed by atoms with Gasteiger partial charge in [0.15, 0.2) is 17.3 Å². The number of aryl methyl sites for hydroxylation is 1. The minimum absolute atomic E-state index is 0.260. The number of ether oxygens (including phenoxy) is 2. The average Bonchev–Trinajstić information content (AvgIpc) is 2.80. The lowest BCUT2D eigenvalue weighted by atomic mass is 10.1. The summed E-state index contributed by atoms with van der Waals surface area (Å²) >= 11 is 0. The molecule has 2 aromatic rings. The molecule has 0 fully saturated rings. The molecule has 1 amide bonds. The minimum atomic E-state index is -0.260. The van der Waals surface area contributed by atoms with Crippen molar-refractivity contribution in [1.82, 2.24) is 9.97 Å². The summed E-state index contributed by atoms with van der Waals surface area (Å²) in [6, 6.07) is 7.93. The normalized spacial score (nSPS) is 11.0. The Hall–Kier alpha value is -3.11. The zero-order valence-corrected chi connectivity index (χ0v) is 20.0. The molecule has 1 heterocycles. The molecule has 10 heteroatoms. The summed E-state index contributed by atoms with van der Waals surface area (Å²) in [5.41, 5.74) is 2.32. The third-order valence-corrected chi connectivity index (χ3v) is 4.54. The maximum Gasteiger partial charge on any atom is 0.226 e. The van der Waals surface area contributed by atoms with Gasteiger partial charge in [0.25, 0.3) is 0 Å². The first-order valence-electron chi connectivity index (χ1n) is 11.2. The highest BCUT2D eigenvalue weighted by Gasteiger charge is 2.16. The molecule has 0 aliphatic heterocycles. The van der Waals surface area contributed by atoms with Gasteiger partial charge in [0.2, 0.25) is 11.9 Å². The number of carbonyl (C=O) groups excluding carboxylic acids is 1. The topological polar surface area (TPSA) is 122 Å². The van der Waals surface area contributed by atoms with Gasteiger partial charge in [-0.25, -0.2) is 0 Å². The first-order valence-corrected chi connectivity index (χ1v) is 11.2. The predicted molar refractivity (Wildman–Crippen MR) is 131 cm³/mol. The molecule has 1 aromatic carbocycles. The highest BCUT2D eigenvalue weighted by molar-refractivity contribution is 5.92. The summed E-state index contributed by atoms with van der Waals surface area (Å²) in [6.07, 6.45) is 3.68. The van der Waals surface area contributed by atoms with Gasteiger partial charge in [-0.05, 0) is 37.0 Å². The van der Waals surface area contributed by atoms with Crippen molar-refractivity contribution in [1.29, 1.82) is 0 Å². The van der Waals surface area contributed by atoms with Gasteiger partial charge >= 0.3 is 0 Å². The van der Waals surface area contributed by atoms with Gasteiger partial charge < -0.3 is 25.4 Å². The smallest absolute Gasteiger partial charge is 0.226 e. The minimum Gasteiger partial charge on any atom is -0.385 e. The van der Waals surface area contributed by atoms with E-state index in [0.717, 1.165) is 25.7 Å². The van der Waals surface area contributed by atoms with Crippen LogP contribution in [0.15, 0.2) is 34.5 Å². The van der Waals surface area contributed by atoms with Crippen molar-refractivity contribution in [2.24, 2.45) is 10.2 Å². The van der Waals surface area contributed by atoms with Gasteiger partial charge in [0, 0.05) is 47.4 Å². The lowest BCUT2D eigenvalue weighted by molar-refractivity contribution is -0.114. The maximum absolute atomic E-state index is 11.8. The SMILES string of the molecule is CCCc1ccc(N=Nc2c(NCCCOC)nc(NCCCOC)nc2NC(C)=O)cc1. The van der Waals surface area contributed by atoms with Crippen LogP contribution in [-0.4, -0.2) is 56.4 Å². The molecule has 1 aromatic heterocycles. The van der Waals surface area contributed by atoms with Crippen LogP contribution in [0.3, 0.4) is 0 Å². The molecule has 0 spiro atoms. The van der Waals surface area contributed by atoms with Crippen molar-refractivity contribution < 1.29 is 14.3 Å². The fourth-order valence-corrected chi connectivity index (χ4v) is 2.97. The highest BCUT2D eigenvalue weighted by Crippen LogP contribution is 2.33. The first kappa shape index (κ1) is 26.1. The highest BCUT2D eigenvalue weighted by atomic mass is 16.5. The van der Waals surface area contributed by atoms with E-state index in [1.807, 2.05) is 24.3 Å². The van der Waals surface area contributed by atoms with E-state index >= 15 is 0 Å². The molecule has 0 saturated carbocycles. The van der Waals surface area contributed by atoms with E-state index in [1.165, 1.54) is 12.5 Å². The number of benzene rings is 1. The third kappa shape index (κ3) is 9.50. The van der Waals surface area contributed by atoms with E-state index in [0.29, 0.717) is 49.4 Å². The van der Waals surface area contributed by atoms with Crippen LogP contribution >= 0.6 is 0 Å². The molecule has 33 heavy (non-hydrogen) atoms. The molecule has 0 aliphatic rings. The van der Waals surface area contributed by atoms with Gasteiger partial charge in [-0.3, -0.25) is 4.79 Å². The van der Waals surface area contributed by atoms with Gasteiger partial charge in [-0.1, -0.05) is 25.5 Å². The van der Waals surface area contributed by atoms with Gasteiger partial charge in [-0.15, -0.1) is 5.11 Å². The molecular formula is C23H35N7O3. The van der Waals surface area contributed by atoms with E-state index in [4.69, 9.17) is 9.47 Å². The number of hydrogen-bond acceptors (Lipinski definition) is 9. The Labute approximate surface area is 195 Å². The quantitative estimate of drug-likeness (QED) is 0.262. The largest absolute Gasteiger partial charge is 0.385 e. The first-order chi connectivity index (χ1) is 16.1. The summed E-state index contributed by atoms with van der Waals surface area (Å²) in [5.74, 6) is 0.884. The van der Waals surface area contributed by atoms with E-state index < -0.39 is 0 Å². The van der Waals surface area contributed by atoms with Crippen molar-refractivity contribution in [3.05, 3.63) is 29.8 Å². The molecule has 0 atom stereocenters. The number of amides is 1. The Balaban J connectivity index is 2.34. The summed E-state index contributed by atoms with van der Waals surface area (Å²) in [7, 11) is 3.32. The Kier molecular flexibility index (Phi) is 11.8. The number of nitrogens with one attached hydrogen (secondary N) is 3. The number of rotatable bonds is 15. The van der Waals surface area contributed by atoms with Gasteiger partial charge in [0.05, 0.1) is 5.69 Å². The van der Waals surface area contributed by atoms with Crippen LogP contribution in [0.1, 0.15) is 38.7 Å². The Morgan fingerprint density at radius 3 is 2.18 bits per heavy atom. The zero-order valence-electron chi connectivity index (χ0n) is 20.0. The summed E-state index contributed by atoms with van der Waals surface area (Å²) in [4.78, 5) is 20.9. The van der Waals surface area contributed by atoms with E-state index in [1.54, 1.807) is 14.2 Å². The van der Waals surface area contributed by atoms with E-state index in [2.05, 4.69) is 43.1 Å². The number of azo groups is 1. The molecule has 10 nitrogen and oxygen atoms in total. The molecule has 0 aliphatic carbocycles. The number of nitrogens with zero attached hydrogens (tertiary/aromatic N) is 4. The van der Waals surface area contributed by atoms with Crippen molar-refractivity contribution in [3.8, 4) is 0 Å². The van der Waals surface area contributed by atoms with Crippen LogP contribution < -0.4 is 16.0 Å². The standard InChI is InChI=1S/C23H35N7O3/c1-5-8-18-9-11-19(12-10-18)29-30-20-21(24-13-6-15-32-3)27-23(25-14-7-16-33-4)28-22(20)26-17(2)31/h9-12H,5-8,13-16H2,1-4H3,(H3,24,25,26,27,28,31). The zero-order chi connectivity index (χ0) is 23.9. The number of hydrogen-bond donors (Lipinski definition) is 3. The van der Waals surface area contributed by atoms with E-state index in [-0.39, 0.29) is 11.7 Å². The number of carbonyl (C=O) groups is 1. The summed E-state index contributed by atoms with van der Waals surface area (Å²) in [6.45, 7) is 6.04. The van der Waals surface area contributed by atoms with Gasteiger partial charge in [0.1, 0.15) is 0 Å². The lowest BCUT2D eigenvalue weighted by Crippen LogP contribution is -2.14. The predicted octanol–water partition coefficient (Wildman–Crippen LogP) is 4.70. The van der Waals surface area contributed by atoms with Crippen LogP contribution in [0.5, 0.6) is 0 Å². The van der Waals surface area contributed by atoms with Crippen molar-refractivity contribution in [2.45, 2.75) is 39.5 Å². The van der Waals surface area contributed by atoms with Crippen molar-refractivity contribution in [2.75, 3.05) is 56.5 Å². The lowest BCUT2D eigenvalue weighted by Gasteiger charge is -2.14. The maximum atomic E-state index is 11.8. The number of methoxy groups -OCH3 is 2. The van der Waals surface area contributed by atoms with Crippen LogP contribution in [-0.2, 0) is 20.7 Å². The van der Waals surface area contributed by atoms with Crippen LogP contribution in [0.2, 0.25) is 0 Å². The molecular weight excluding hydrogens is 422 g/mol. The second kappa shape index (κ2) is 14.9. The van der Waals surface area contributed by atoms with Crippen LogP contribution in [0, 0.1) is 0 Å². The summed E-state index contributed by atoms with van der Waals surface area (Å²) in [5, 5.41) is 17.9. The second-order valence-electron chi connectivity index (χ2n) is 7.44. The van der Waals surface area contributed by atoms with Crippen molar-refractivity contribution >= 4 is 34.9 Å². The Morgan fingerprint density at radius 2 is 1.58 bits per heavy atom. The molecule has 180 valence electrons. The molecule has 0 saturated heterocycles. The molecule has 0 unspecified atom stereocenters. The Bertz CT molecular complexity index is 888. The third-order valence-electron chi connectivity index (χ3n) is 4.54. The molecule has 0 radical (unpaired) electrons. The fraction of sp³-hybridized carbons (Fsp3) is 0.522. The molecule has 2 rings (SSSR count). The number of aromatic nitrogens is 2. The van der Waals surface area contributed by atoms with Crippen molar-refractivity contribution in [3.63, 3.8) is 0 Å². The molecule has 3 N–H and O–H groups in total. The monoisotopic (exact) mass is 457 g/mol. The second-order valence-corrected chi connectivity index (χ2v) is 7.44. The van der Waals surface area contributed by atoms with Crippen LogP contribution in [0.4, 0.5) is 29.0 Å². The number of anilines is 3. The summed E-state index contributed by atoms with van der Waals surface area (Å²) < 4.78 is 10.2. The average molecular weight is 458 g/mol. The van der Waals surface area contributed by atoms with Gasteiger partial charge in [-0.2, -0.15) is 15.1 Å². The molecule has 0 bridgehead atoms. The van der Waals surface area contributed by atoms with E-state index in [9.17, 15) is 4.79 Å². The van der Waals surface area contributed by atoms with Crippen LogP contribution in [0.25, 0.3) is 0 Å². The fourth-order valence-electron chi connectivity index (χ4n) is 2.97.